The summed E-state index contributed by atoms with van der Waals surface area (Å²) in [6, 6.07) is 18.4. The molecule has 0 radical (unpaired) electrons. The van der Waals surface area contributed by atoms with Crippen molar-refractivity contribution in [2.75, 3.05) is 5.43 Å². The molecule has 0 fully saturated rings. The Morgan fingerprint density at radius 3 is 2.41 bits per heavy atom. The van der Waals surface area contributed by atoms with Crippen molar-refractivity contribution < 1.29 is 0 Å². The van der Waals surface area contributed by atoms with Gasteiger partial charge in [-0.2, -0.15) is 5.10 Å². The predicted molar refractivity (Wildman–Crippen MR) is 91.1 cm³/mol. The molecule has 1 unspecified atom stereocenters. The zero-order valence-electron chi connectivity index (χ0n) is 12.6. The van der Waals surface area contributed by atoms with Crippen LogP contribution in [-0.4, -0.2) is 16.2 Å². The summed E-state index contributed by atoms with van der Waals surface area (Å²) in [6.07, 6.45) is 2.68. The Balaban J connectivity index is 0.000000164. The molecule has 0 saturated carbocycles. The number of nitrogens with zero attached hydrogens (tertiary/aromatic N) is 2. The lowest BCUT2D eigenvalue weighted by Gasteiger charge is -2.02. The number of hydrogen-bond donors (Lipinski definition) is 3. The number of benzene rings is 2. The van der Waals surface area contributed by atoms with Crippen LogP contribution in [-0.2, 0) is 6.42 Å². The van der Waals surface area contributed by atoms with Crippen molar-refractivity contribution >= 4 is 16.6 Å². The highest BCUT2D eigenvalue weighted by molar-refractivity contribution is 5.90. The van der Waals surface area contributed by atoms with Crippen molar-refractivity contribution in [1.29, 1.82) is 0 Å². The number of rotatable bonds is 3. The first kappa shape index (κ1) is 15.9. The maximum atomic E-state index is 5.62. The average molecular weight is 295 g/mol. The zero-order chi connectivity index (χ0) is 15.8. The van der Waals surface area contributed by atoms with Gasteiger partial charge in [0, 0.05) is 16.8 Å². The molecule has 0 aliphatic heterocycles. The van der Waals surface area contributed by atoms with E-state index in [1.54, 1.807) is 6.20 Å². The summed E-state index contributed by atoms with van der Waals surface area (Å²) >= 11 is 0. The Bertz CT molecular complexity index is 692. The molecule has 0 saturated heterocycles. The Kier molecular flexibility index (Phi) is 5.82. The molecule has 2 aromatic carbocycles. The van der Waals surface area contributed by atoms with E-state index in [0.29, 0.717) is 5.82 Å². The standard InChI is InChI=1S/C9H13N.C8H8N4/c1-8(10)7-9-5-3-2-4-6-9;9-11-8-7-4-2-1-3-6(7)5-10-12-8/h2-6,8H,7,10H2,1H3;1-5H,9H2,(H,11,12). The van der Waals surface area contributed by atoms with Crippen LogP contribution in [0.15, 0.2) is 60.8 Å². The third kappa shape index (κ3) is 4.51. The minimum atomic E-state index is 0.266. The van der Waals surface area contributed by atoms with Gasteiger partial charge in [-0.25, -0.2) is 5.84 Å². The average Bonchev–Trinajstić information content (AvgIpc) is 2.55. The van der Waals surface area contributed by atoms with Crippen LogP contribution >= 0.6 is 0 Å². The molecule has 0 aliphatic rings. The lowest BCUT2D eigenvalue weighted by molar-refractivity contribution is 0.738. The van der Waals surface area contributed by atoms with Crippen LogP contribution in [0.25, 0.3) is 10.8 Å². The summed E-state index contributed by atoms with van der Waals surface area (Å²) in [5, 5.41) is 9.64. The molecule has 1 atom stereocenters. The topological polar surface area (TPSA) is 89.8 Å². The lowest BCUT2D eigenvalue weighted by atomic mass is 10.1. The number of hydrazine groups is 1. The smallest absolute Gasteiger partial charge is 0.170 e. The van der Waals surface area contributed by atoms with Gasteiger partial charge in [0.2, 0.25) is 0 Å². The van der Waals surface area contributed by atoms with E-state index in [1.165, 1.54) is 5.56 Å². The minimum absolute atomic E-state index is 0.266. The molecular formula is C17H21N5. The first-order valence-corrected chi connectivity index (χ1v) is 7.17. The molecule has 5 nitrogen and oxygen atoms in total. The monoisotopic (exact) mass is 295 g/mol. The normalized spacial score (nSPS) is 11.4. The molecule has 5 heteroatoms. The summed E-state index contributed by atoms with van der Waals surface area (Å²) in [5.41, 5.74) is 9.44. The lowest BCUT2D eigenvalue weighted by Crippen LogP contribution is -2.17. The van der Waals surface area contributed by atoms with Crippen molar-refractivity contribution in [3.63, 3.8) is 0 Å². The van der Waals surface area contributed by atoms with Crippen LogP contribution in [0.5, 0.6) is 0 Å². The molecule has 3 rings (SSSR count). The van der Waals surface area contributed by atoms with Gasteiger partial charge >= 0.3 is 0 Å². The van der Waals surface area contributed by atoms with E-state index in [9.17, 15) is 0 Å². The third-order valence-corrected chi connectivity index (χ3v) is 3.11. The highest BCUT2D eigenvalue weighted by Gasteiger charge is 1.98. The number of anilines is 1. The maximum Gasteiger partial charge on any atom is 0.170 e. The minimum Gasteiger partial charge on any atom is -0.328 e. The Hall–Kier alpha value is -2.50. The van der Waals surface area contributed by atoms with E-state index >= 15 is 0 Å². The first-order valence-electron chi connectivity index (χ1n) is 7.17. The van der Waals surface area contributed by atoms with Gasteiger partial charge < -0.3 is 11.2 Å². The van der Waals surface area contributed by atoms with Crippen LogP contribution in [0, 0.1) is 0 Å². The van der Waals surface area contributed by atoms with Crippen LogP contribution in [0.4, 0.5) is 5.82 Å². The number of hydrogen-bond acceptors (Lipinski definition) is 5. The summed E-state index contributed by atoms with van der Waals surface area (Å²) in [5.74, 6) is 5.87. The highest BCUT2D eigenvalue weighted by atomic mass is 15.3. The van der Waals surface area contributed by atoms with Crippen molar-refractivity contribution in [2.24, 2.45) is 11.6 Å². The van der Waals surface area contributed by atoms with Crippen LogP contribution in [0.1, 0.15) is 12.5 Å². The van der Waals surface area contributed by atoms with E-state index in [1.807, 2.05) is 49.4 Å². The van der Waals surface area contributed by atoms with Gasteiger partial charge in [-0.05, 0) is 18.9 Å². The fourth-order valence-corrected chi connectivity index (χ4v) is 2.12. The fraction of sp³-hybridized carbons (Fsp3) is 0.176. The zero-order valence-corrected chi connectivity index (χ0v) is 12.6. The van der Waals surface area contributed by atoms with Gasteiger partial charge in [0.1, 0.15) is 0 Å². The van der Waals surface area contributed by atoms with Crippen LogP contribution < -0.4 is 17.0 Å². The Labute approximate surface area is 130 Å². The first-order chi connectivity index (χ1) is 10.7. The number of nitrogen functional groups attached to an aromatic ring is 1. The van der Waals surface area contributed by atoms with Gasteiger partial charge in [-0.3, -0.25) is 0 Å². The molecule has 0 bridgehead atoms. The predicted octanol–water partition coefficient (Wildman–Crippen LogP) is 2.49. The van der Waals surface area contributed by atoms with Crippen molar-refractivity contribution in [2.45, 2.75) is 19.4 Å². The second-order valence-electron chi connectivity index (χ2n) is 5.09. The molecule has 0 spiro atoms. The summed E-state index contributed by atoms with van der Waals surface area (Å²) in [4.78, 5) is 0. The largest absolute Gasteiger partial charge is 0.328 e. The van der Waals surface area contributed by atoms with Gasteiger partial charge in [0.05, 0.1) is 6.20 Å². The number of nitrogens with two attached hydrogens (primary N) is 2. The molecule has 0 amide bonds. The van der Waals surface area contributed by atoms with Gasteiger partial charge in [0.25, 0.3) is 0 Å². The maximum absolute atomic E-state index is 5.62. The van der Waals surface area contributed by atoms with Gasteiger partial charge in [0.15, 0.2) is 5.82 Å². The number of aromatic nitrogens is 2. The SMILES string of the molecule is CC(N)Cc1ccccc1.NNc1nncc2ccccc12. The fourth-order valence-electron chi connectivity index (χ4n) is 2.12. The molecule has 22 heavy (non-hydrogen) atoms. The summed E-state index contributed by atoms with van der Waals surface area (Å²) < 4.78 is 0. The second-order valence-corrected chi connectivity index (χ2v) is 5.09. The van der Waals surface area contributed by atoms with Crippen molar-refractivity contribution in [1.82, 2.24) is 10.2 Å². The van der Waals surface area contributed by atoms with E-state index in [2.05, 4.69) is 27.8 Å². The number of fused-ring (bicyclic) bond motifs is 1. The Morgan fingerprint density at radius 1 is 1.05 bits per heavy atom. The van der Waals surface area contributed by atoms with Gasteiger partial charge in [-0.15, -0.1) is 5.10 Å². The second kappa shape index (κ2) is 8.07. The molecule has 1 aromatic heterocycles. The molecule has 114 valence electrons. The van der Waals surface area contributed by atoms with E-state index in [4.69, 9.17) is 11.6 Å². The number of nitrogens with one attached hydrogen (secondary N) is 1. The molecular weight excluding hydrogens is 274 g/mol. The van der Waals surface area contributed by atoms with Crippen LogP contribution in [0.2, 0.25) is 0 Å². The van der Waals surface area contributed by atoms with E-state index < -0.39 is 0 Å². The quantitative estimate of drug-likeness (QED) is 0.510. The van der Waals surface area contributed by atoms with Crippen molar-refractivity contribution in [3.8, 4) is 0 Å². The van der Waals surface area contributed by atoms with E-state index in [0.717, 1.165) is 17.2 Å². The highest BCUT2D eigenvalue weighted by Crippen LogP contribution is 2.17. The molecule has 1 heterocycles. The molecule has 5 N–H and O–H groups in total. The van der Waals surface area contributed by atoms with Crippen molar-refractivity contribution in [3.05, 3.63) is 66.4 Å². The molecule has 3 aromatic rings. The summed E-state index contributed by atoms with van der Waals surface area (Å²) in [7, 11) is 0. The van der Waals surface area contributed by atoms with Crippen LogP contribution in [0.3, 0.4) is 0 Å². The summed E-state index contributed by atoms with van der Waals surface area (Å²) in [6.45, 7) is 2.02. The Morgan fingerprint density at radius 2 is 1.73 bits per heavy atom. The molecule has 0 aliphatic carbocycles. The third-order valence-electron chi connectivity index (χ3n) is 3.11. The van der Waals surface area contributed by atoms with E-state index in [-0.39, 0.29) is 6.04 Å². The van der Waals surface area contributed by atoms with Gasteiger partial charge in [-0.1, -0.05) is 54.6 Å².